The van der Waals surface area contributed by atoms with Gasteiger partial charge in [0, 0.05) is 5.56 Å². The number of carbonyl (C=O) groups excluding carboxylic acids is 1. The van der Waals surface area contributed by atoms with Gasteiger partial charge in [-0.2, -0.15) is 0 Å². The number of amides is 1. The summed E-state index contributed by atoms with van der Waals surface area (Å²) in [7, 11) is 0. The number of carbonyl (C=O) groups is 1. The van der Waals surface area contributed by atoms with Gasteiger partial charge < -0.3 is 19.5 Å². The minimum atomic E-state index is -0.209. The smallest absolute Gasteiger partial charge is 0.251 e. The summed E-state index contributed by atoms with van der Waals surface area (Å²) in [5.74, 6) is 1.97. The first-order valence-electron chi connectivity index (χ1n) is 7.76. The fourth-order valence-corrected chi connectivity index (χ4v) is 2.33. The first-order valence-corrected chi connectivity index (χ1v) is 7.76. The van der Waals surface area contributed by atoms with E-state index in [4.69, 9.17) is 14.2 Å². The second kappa shape index (κ2) is 7.55. The zero-order valence-corrected chi connectivity index (χ0v) is 13.2. The summed E-state index contributed by atoms with van der Waals surface area (Å²) in [5, 5.41) is 2.86. The molecular weight excluding hydrogens is 306 g/mol. The lowest BCUT2D eigenvalue weighted by Gasteiger charge is -2.26. The average Bonchev–Trinajstić information content (AvgIpc) is 2.64. The maximum atomic E-state index is 12.2. The maximum absolute atomic E-state index is 12.2. The molecule has 0 saturated carbocycles. The first kappa shape index (κ1) is 15.9. The molecule has 2 aromatic rings. The van der Waals surface area contributed by atoms with Crippen LogP contribution in [0.25, 0.3) is 0 Å². The Morgan fingerprint density at radius 3 is 2.71 bits per heavy atom. The van der Waals surface area contributed by atoms with Crippen molar-refractivity contribution in [1.82, 2.24) is 5.32 Å². The van der Waals surface area contributed by atoms with Crippen molar-refractivity contribution < 1.29 is 19.0 Å². The SMILES string of the molecule is C=CCOc1ccc(C(=O)NC[C@H]2COc3ccccc3O2)cc1. The van der Waals surface area contributed by atoms with Gasteiger partial charge >= 0.3 is 0 Å². The average molecular weight is 325 g/mol. The highest BCUT2D eigenvalue weighted by Crippen LogP contribution is 2.30. The van der Waals surface area contributed by atoms with Gasteiger partial charge in [0.2, 0.25) is 0 Å². The van der Waals surface area contributed by atoms with Gasteiger partial charge in [0.15, 0.2) is 11.5 Å². The van der Waals surface area contributed by atoms with Crippen molar-refractivity contribution in [2.24, 2.45) is 0 Å². The van der Waals surface area contributed by atoms with Gasteiger partial charge in [-0.15, -0.1) is 0 Å². The molecule has 1 heterocycles. The highest BCUT2D eigenvalue weighted by atomic mass is 16.6. The molecule has 1 atom stereocenters. The lowest BCUT2D eigenvalue weighted by molar-refractivity contribution is 0.0789. The molecule has 5 heteroatoms. The molecule has 1 aliphatic heterocycles. The van der Waals surface area contributed by atoms with Gasteiger partial charge in [-0.1, -0.05) is 24.8 Å². The molecule has 3 rings (SSSR count). The van der Waals surface area contributed by atoms with Crippen LogP contribution in [-0.4, -0.2) is 31.8 Å². The number of ether oxygens (including phenoxy) is 3. The fraction of sp³-hybridized carbons (Fsp3) is 0.211. The predicted molar refractivity (Wildman–Crippen MR) is 90.8 cm³/mol. The summed E-state index contributed by atoms with van der Waals surface area (Å²) in [6.07, 6.45) is 1.46. The Hall–Kier alpha value is -2.95. The van der Waals surface area contributed by atoms with Crippen molar-refractivity contribution >= 4 is 5.91 Å². The van der Waals surface area contributed by atoms with E-state index in [0.29, 0.717) is 36.8 Å². The van der Waals surface area contributed by atoms with Crippen LogP contribution in [0.5, 0.6) is 17.2 Å². The Morgan fingerprint density at radius 1 is 1.21 bits per heavy atom. The van der Waals surface area contributed by atoms with Crippen molar-refractivity contribution in [3.63, 3.8) is 0 Å². The zero-order valence-electron chi connectivity index (χ0n) is 13.2. The van der Waals surface area contributed by atoms with Crippen molar-refractivity contribution in [1.29, 1.82) is 0 Å². The summed E-state index contributed by atoms with van der Waals surface area (Å²) in [6, 6.07) is 14.5. The van der Waals surface area contributed by atoms with Crippen molar-refractivity contribution in [3.8, 4) is 17.2 Å². The number of fused-ring (bicyclic) bond motifs is 1. The van der Waals surface area contributed by atoms with E-state index < -0.39 is 0 Å². The second-order valence-electron chi connectivity index (χ2n) is 5.33. The normalized spacial score (nSPS) is 15.4. The Labute approximate surface area is 140 Å². The van der Waals surface area contributed by atoms with Crippen LogP contribution in [0.3, 0.4) is 0 Å². The summed E-state index contributed by atoms with van der Waals surface area (Å²) in [5.41, 5.74) is 0.568. The lowest BCUT2D eigenvalue weighted by atomic mass is 10.2. The minimum absolute atomic E-state index is 0.160. The molecule has 5 nitrogen and oxygen atoms in total. The number of hydrogen-bond acceptors (Lipinski definition) is 4. The molecule has 0 saturated heterocycles. The van der Waals surface area contributed by atoms with E-state index in [1.54, 1.807) is 30.3 Å². The molecule has 0 aliphatic carbocycles. The lowest BCUT2D eigenvalue weighted by Crippen LogP contribution is -2.40. The van der Waals surface area contributed by atoms with E-state index in [9.17, 15) is 4.79 Å². The van der Waals surface area contributed by atoms with Crippen LogP contribution in [0.15, 0.2) is 61.2 Å². The second-order valence-corrected chi connectivity index (χ2v) is 5.33. The molecule has 0 unspecified atom stereocenters. The Balaban J connectivity index is 1.51. The number of nitrogens with one attached hydrogen (secondary N) is 1. The third-order valence-corrected chi connectivity index (χ3v) is 3.54. The molecule has 0 radical (unpaired) electrons. The van der Waals surface area contributed by atoms with E-state index in [1.165, 1.54) is 0 Å². The summed E-state index contributed by atoms with van der Waals surface area (Å²) in [4.78, 5) is 12.2. The Bertz CT molecular complexity index is 712. The third-order valence-electron chi connectivity index (χ3n) is 3.54. The molecule has 0 spiro atoms. The van der Waals surface area contributed by atoms with Crippen molar-refractivity contribution in [2.45, 2.75) is 6.10 Å². The van der Waals surface area contributed by atoms with Crippen LogP contribution in [-0.2, 0) is 0 Å². The molecule has 0 bridgehead atoms. The van der Waals surface area contributed by atoms with E-state index in [2.05, 4.69) is 11.9 Å². The topological polar surface area (TPSA) is 56.8 Å². The Kier molecular flexibility index (Phi) is 5.01. The first-order chi connectivity index (χ1) is 11.8. The van der Waals surface area contributed by atoms with Gasteiger partial charge in [-0.25, -0.2) is 0 Å². The monoisotopic (exact) mass is 325 g/mol. The molecule has 2 aromatic carbocycles. The maximum Gasteiger partial charge on any atom is 0.251 e. The molecule has 0 aromatic heterocycles. The molecular formula is C19H19NO4. The summed E-state index contributed by atoms with van der Waals surface area (Å²) in [6.45, 7) is 4.81. The predicted octanol–water partition coefficient (Wildman–Crippen LogP) is 2.82. The van der Waals surface area contributed by atoms with Crippen LogP contribution in [0.2, 0.25) is 0 Å². The third kappa shape index (κ3) is 3.87. The van der Waals surface area contributed by atoms with Gasteiger partial charge in [-0.05, 0) is 36.4 Å². The molecule has 1 aliphatic rings. The summed E-state index contributed by atoms with van der Waals surface area (Å²) < 4.78 is 16.8. The van der Waals surface area contributed by atoms with Crippen molar-refractivity contribution in [3.05, 3.63) is 66.7 Å². The molecule has 0 fully saturated rings. The number of rotatable bonds is 6. The molecule has 24 heavy (non-hydrogen) atoms. The van der Waals surface area contributed by atoms with E-state index in [-0.39, 0.29) is 12.0 Å². The highest BCUT2D eigenvalue weighted by molar-refractivity contribution is 5.94. The van der Waals surface area contributed by atoms with Gasteiger partial charge in [0.25, 0.3) is 5.91 Å². The largest absolute Gasteiger partial charge is 0.490 e. The minimum Gasteiger partial charge on any atom is -0.490 e. The van der Waals surface area contributed by atoms with Crippen LogP contribution < -0.4 is 19.5 Å². The van der Waals surface area contributed by atoms with E-state index >= 15 is 0 Å². The zero-order chi connectivity index (χ0) is 16.8. The van der Waals surface area contributed by atoms with Gasteiger partial charge in [0.05, 0.1) is 6.54 Å². The van der Waals surface area contributed by atoms with Crippen molar-refractivity contribution in [2.75, 3.05) is 19.8 Å². The Morgan fingerprint density at radius 2 is 1.96 bits per heavy atom. The highest BCUT2D eigenvalue weighted by Gasteiger charge is 2.21. The van der Waals surface area contributed by atoms with Crippen LogP contribution in [0.4, 0.5) is 0 Å². The summed E-state index contributed by atoms with van der Waals surface area (Å²) >= 11 is 0. The number of para-hydroxylation sites is 2. The number of benzene rings is 2. The quantitative estimate of drug-likeness (QED) is 0.830. The molecule has 124 valence electrons. The van der Waals surface area contributed by atoms with Crippen LogP contribution in [0, 0.1) is 0 Å². The van der Waals surface area contributed by atoms with Crippen LogP contribution >= 0.6 is 0 Å². The number of hydrogen-bond donors (Lipinski definition) is 1. The molecule has 1 amide bonds. The van der Waals surface area contributed by atoms with Gasteiger partial charge in [0.1, 0.15) is 25.1 Å². The fourth-order valence-electron chi connectivity index (χ4n) is 2.33. The standard InChI is InChI=1S/C19H19NO4/c1-2-11-22-15-9-7-14(8-10-15)19(21)20-12-16-13-23-17-5-3-4-6-18(17)24-16/h2-10,16H,1,11-13H2,(H,20,21)/t16-/m0/s1. The van der Waals surface area contributed by atoms with E-state index in [0.717, 1.165) is 5.75 Å². The van der Waals surface area contributed by atoms with E-state index in [1.807, 2.05) is 24.3 Å². The van der Waals surface area contributed by atoms with Crippen LogP contribution in [0.1, 0.15) is 10.4 Å². The molecule has 1 N–H and O–H groups in total. The van der Waals surface area contributed by atoms with Gasteiger partial charge in [-0.3, -0.25) is 4.79 Å².